The van der Waals surface area contributed by atoms with Crippen LogP contribution in [0.15, 0.2) is 23.1 Å². The lowest BCUT2D eigenvalue weighted by Gasteiger charge is -2.20. The number of rotatable bonds is 6. The van der Waals surface area contributed by atoms with Crippen molar-refractivity contribution in [3.8, 4) is 0 Å². The van der Waals surface area contributed by atoms with Crippen molar-refractivity contribution < 1.29 is 13.5 Å². The van der Waals surface area contributed by atoms with Crippen molar-refractivity contribution in [2.45, 2.75) is 63.5 Å². The fourth-order valence-corrected chi connectivity index (χ4v) is 4.49. The monoisotopic (exact) mass is 311 g/mol. The molecule has 1 fully saturated rings. The van der Waals surface area contributed by atoms with Gasteiger partial charge in [-0.05, 0) is 55.4 Å². The standard InChI is InChI=1S/C16H25NO3S/c1-3-13-8-9-16(10-15(13)11-18)21(19,20)17-12(2)14-6-4-5-7-14/h8-10,12,14,17-18H,3-7,11H2,1-2H3. The van der Waals surface area contributed by atoms with Gasteiger partial charge < -0.3 is 5.11 Å². The number of aliphatic hydroxyl groups is 1. The Hall–Kier alpha value is -0.910. The smallest absolute Gasteiger partial charge is 0.240 e. The first-order valence-corrected chi connectivity index (χ1v) is 9.21. The van der Waals surface area contributed by atoms with Crippen molar-refractivity contribution in [1.29, 1.82) is 0 Å². The Bertz CT molecular complexity index is 577. The van der Waals surface area contributed by atoms with Crippen LogP contribution in [0.3, 0.4) is 0 Å². The third kappa shape index (κ3) is 3.84. The highest BCUT2D eigenvalue weighted by atomic mass is 32.2. The minimum absolute atomic E-state index is 0.0408. The van der Waals surface area contributed by atoms with E-state index in [4.69, 9.17) is 0 Å². The maximum absolute atomic E-state index is 12.5. The van der Waals surface area contributed by atoms with Gasteiger partial charge in [0.2, 0.25) is 10.0 Å². The normalized spacial score (nSPS) is 18.0. The molecule has 0 spiro atoms. The maximum Gasteiger partial charge on any atom is 0.240 e. The van der Waals surface area contributed by atoms with E-state index in [1.807, 2.05) is 13.8 Å². The van der Waals surface area contributed by atoms with Gasteiger partial charge in [-0.3, -0.25) is 0 Å². The largest absolute Gasteiger partial charge is 0.392 e. The summed E-state index contributed by atoms with van der Waals surface area (Å²) in [5.74, 6) is 0.437. The lowest BCUT2D eigenvalue weighted by atomic mass is 10.0. The van der Waals surface area contributed by atoms with Crippen LogP contribution in [-0.2, 0) is 23.1 Å². The van der Waals surface area contributed by atoms with Gasteiger partial charge in [-0.2, -0.15) is 0 Å². The predicted molar refractivity (Wildman–Crippen MR) is 83.5 cm³/mol. The van der Waals surface area contributed by atoms with Crippen LogP contribution < -0.4 is 4.72 Å². The molecular formula is C16H25NO3S. The Labute approximate surface area is 127 Å². The van der Waals surface area contributed by atoms with Gasteiger partial charge in [0.1, 0.15) is 0 Å². The first-order valence-electron chi connectivity index (χ1n) is 7.73. The molecule has 0 saturated heterocycles. The number of benzene rings is 1. The predicted octanol–water partition coefficient (Wildman–Crippen LogP) is 2.60. The van der Waals surface area contributed by atoms with Crippen molar-refractivity contribution in [2.24, 2.45) is 5.92 Å². The molecule has 1 unspecified atom stereocenters. The summed E-state index contributed by atoms with van der Waals surface area (Å²) in [6, 6.07) is 4.96. The van der Waals surface area contributed by atoms with E-state index < -0.39 is 10.0 Å². The van der Waals surface area contributed by atoms with Crippen LogP contribution in [0.5, 0.6) is 0 Å². The molecule has 0 amide bonds. The number of nitrogens with one attached hydrogen (secondary N) is 1. The van der Waals surface area contributed by atoms with Gasteiger partial charge in [0, 0.05) is 6.04 Å². The molecule has 0 radical (unpaired) electrons. The van der Waals surface area contributed by atoms with Gasteiger partial charge in [-0.25, -0.2) is 13.1 Å². The fourth-order valence-electron chi connectivity index (χ4n) is 3.13. The lowest BCUT2D eigenvalue weighted by Crippen LogP contribution is -2.37. The molecule has 0 aliphatic heterocycles. The summed E-state index contributed by atoms with van der Waals surface area (Å²) >= 11 is 0. The number of hydrogen-bond acceptors (Lipinski definition) is 3. The van der Waals surface area contributed by atoms with E-state index in [1.165, 1.54) is 12.8 Å². The topological polar surface area (TPSA) is 66.4 Å². The summed E-state index contributed by atoms with van der Waals surface area (Å²) in [5.41, 5.74) is 1.68. The third-order valence-electron chi connectivity index (χ3n) is 4.49. The van der Waals surface area contributed by atoms with Crippen LogP contribution in [0.25, 0.3) is 0 Å². The van der Waals surface area contributed by atoms with E-state index >= 15 is 0 Å². The SMILES string of the molecule is CCc1ccc(S(=O)(=O)NC(C)C2CCCC2)cc1CO. The molecule has 1 aliphatic rings. The van der Waals surface area contributed by atoms with Gasteiger partial charge in [0.25, 0.3) is 0 Å². The quantitative estimate of drug-likeness (QED) is 0.848. The minimum Gasteiger partial charge on any atom is -0.392 e. The highest BCUT2D eigenvalue weighted by Gasteiger charge is 2.26. The van der Waals surface area contributed by atoms with Crippen LogP contribution >= 0.6 is 0 Å². The van der Waals surface area contributed by atoms with E-state index in [-0.39, 0.29) is 17.5 Å². The van der Waals surface area contributed by atoms with Crippen molar-refractivity contribution in [1.82, 2.24) is 4.72 Å². The number of aliphatic hydroxyl groups excluding tert-OH is 1. The number of aryl methyl sites for hydroxylation is 1. The van der Waals surface area contributed by atoms with E-state index in [0.717, 1.165) is 24.8 Å². The summed E-state index contributed by atoms with van der Waals surface area (Å²) < 4.78 is 27.7. The van der Waals surface area contributed by atoms with Crippen molar-refractivity contribution >= 4 is 10.0 Å². The molecule has 1 saturated carbocycles. The number of hydrogen-bond donors (Lipinski definition) is 2. The average Bonchev–Trinajstić information content (AvgIpc) is 3.00. The lowest BCUT2D eigenvalue weighted by molar-refractivity contribution is 0.280. The van der Waals surface area contributed by atoms with Gasteiger partial charge >= 0.3 is 0 Å². The zero-order chi connectivity index (χ0) is 15.5. The Morgan fingerprint density at radius 3 is 2.52 bits per heavy atom. The molecule has 21 heavy (non-hydrogen) atoms. The average molecular weight is 311 g/mol. The van der Waals surface area contributed by atoms with Gasteiger partial charge in [-0.15, -0.1) is 0 Å². The second kappa shape index (κ2) is 6.90. The van der Waals surface area contributed by atoms with Crippen molar-refractivity contribution in [2.75, 3.05) is 0 Å². The van der Waals surface area contributed by atoms with E-state index in [0.29, 0.717) is 11.5 Å². The van der Waals surface area contributed by atoms with Crippen LogP contribution in [-0.4, -0.2) is 19.6 Å². The van der Waals surface area contributed by atoms with E-state index in [9.17, 15) is 13.5 Å². The summed E-state index contributed by atoms with van der Waals surface area (Å²) in [6.07, 6.45) is 5.36. The highest BCUT2D eigenvalue weighted by Crippen LogP contribution is 2.28. The molecule has 4 nitrogen and oxygen atoms in total. The summed E-state index contributed by atoms with van der Waals surface area (Å²) in [7, 11) is -3.52. The zero-order valence-corrected chi connectivity index (χ0v) is 13.6. The number of sulfonamides is 1. The second-order valence-electron chi connectivity index (χ2n) is 5.90. The van der Waals surface area contributed by atoms with Gasteiger partial charge in [-0.1, -0.05) is 25.8 Å². The molecule has 0 aromatic heterocycles. The maximum atomic E-state index is 12.5. The third-order valence-corrected chi connectivity index (χ3v) is 6.04. The molecule has 1 aliphatic carbocycles. The molecule has 0 heterocycles. The second-order valence-corrected chi connectivity index (χ2v) is 7.61. The highest BCUT2D eigenvalue weighted by molar-refractivity contribution is 7.89. The van der Waals surface area contributed by atoms with E-state index in [2.05, 4.69) is 4.72 Å². The Kier molecular flexibility index (Phi) is 5.41. The molecule has 118 valence electrons. The first-order chi connectivity index (χ1) is 9.97. The summed E-state index contributed by atoms with van der Waals surface area (Å²) in [4.78, 5) is 0.244. The van der Waals surface area contributed by atoms with Crippen molar-refractivity contribution in [3.63, 3.8) is 0 Å². The Morgan fingerprint density at radius 2 is 1.95 bits per heavy atom. The Balaban J connectivity index is 2.18. The molecule has 2 N–H and O–H groups in total. The van der Waals surface area contributed by atoms with Crippen LogP contribution in [0.1, 0.15) is 50.7 Å². The molecule has 2 rings (SSSR count). The molecule has 5 heteroatoms. The molecule has 0 bridgehead atoms. The van der Waals surface area contributed by atoms with Gasteiger partial charge in [0.15, 0.2) is 0 Å². The molecular weight excluding hydrogens is 286 g/mol. The molecule has 1 aromatic rings. The van der Waals surface area contributed by atoms with Gasteiger partial charge in [0.05, 0.1) is 11.5 Å². The zero-order valence-electron chi connectivity index (χ0n) is 12.8. The van der Waals surface area contributed by atoms with Crippen molar-refractivity contribution in [3.05, 3.63) is 29.3 Å². The van der Waals surface area contributed by atoms with Crippen LogP contribution in [0.4, 0.5) is 0 Å². The fraction of sp³-hybridized carbons (Fsp3) is 0.625. The first kappa shape index (κ1) is 16.5. The summed E-state index contributed by atoms with van der Waals surface area (Å²) in [6.45, 7) is 3.80. The van der Waals surface area contributed by atoms with Crippen LogP contribution in [0, 0.1) is 5.92 Å². The van der Waals surface area contributed by atoms with Crippen LogP contribution in [0.2, 0.25) is 0 Å². The minimum atomic E-state index is -3.52. The van der Waals surface area contributed by atoms with E-state index in [1.54, 1.807) is 18.2 Å². The molecule has 1 aromatic carbocycles. The Morgan fingerprint density at radius 1 is 1.29 bits per heavy atom. The molecule has 1 atom stereocenters. The summed E-state index contributed by atoms with van der Waals surface area (Å²) in [5, 5.41) is 9.38.